The molecule has 0 spiro atoms. The van der Waals surface area contributed by atoms with E-state index in [2.05, 4.69) is 54.6 Å². The van der Waals surface area contributed by atoms with Crippen LogP contribution in [0.15, 0.2) is 60.7 Å². The molecule has 0 amide bonds. The number of hydrogen-bond acceptors (Lipinski definition) is 2. The van der Waals surface area contributed by atoms with E-state index in [0.717, 1.165) is 24.3 Å². The Kier molecular flexibility index (Phi) is 3.78. The Morgan fingerprint density at radius 3 is 2.30 bits per heavy atom. The summed E-state index contributed by atoms with van der Waals surface area (Å²) in [5.74, 6) is 1.86. The maximum Gasteiger partial charge on any atom is 0.127 e. The molecule has 4 aromatic rings. The summed E-state index contributed by atoms with van der Waals surface area (Å²) in [4.78, 5) is 0. The first-order valence-corrected chi connectivity index (χ1v) is 9.49. The summed E-state index contributed by atoms with van der Waals surface area (Å²) in [6, 6.07) is 21.5. The molecular weight excluding hydrogens is 332 g/mol. The fourth-order valence-electron chi connectivity index (χ4n) is 4.63. The van der Waals surface area contributed by atoms with Crippen molar-refractivity contribution >= 4 is 21.5 Å². The van der Waals surface area contributed by atoms with Crippen LogP contribution in [0.4, 0.5) is 0 Å². The first-order valence-electron chi connectivity index (χ1n) is 9.49. The maximum absolute atomic E-state index is 5.81. The van der Waals surface area contributed by atoms with Crippen LogP contribution in [0.25, 0.3) is 32.7 Å². The highest BCUT2D eigenvalue weighted by atomic mass is 16.5. The van der Waals surface area contributed by atoms with E-state index in [4.69, 9.17) is 9.47 Å². The van der Waals surface area contributed by atoms with Crippen molar-refractivity contribution in [1.82, 2.24) is 0 Å². The molecule has 0 saturated carbocycles. The molecule has 0 heterocycles. The Morgan fingerprint density at radius 1 is 0.667 bits per heavy atom. The quantitative estimate of drug-likeness (QED) is 0.438. The number of methoxy groups -OCH3 is 2. The van der Waals surface area contributed by atoms with Crippen molar-refractivity contribution in [2.75, 3.05) is 14.2 Å². The van der Waals surface area contributed by atoms with Gasteiger partial charge in [-0.3, -0.25) is 0 Å². The van der Waals surface area contributed by atoms with Gasteiger partial charge < -0.3 is 9.47 Å². The van der Waals surface area contributed by atoms with Crippen LogP contribution in [-0.4, -0.2) is 14.2 Å². The van der Waals surface area contributed by atoms with Crippen molar-refractivity contribution in [1.29, 1.82) is 0 Å². The predicted octanol–water partition coefficient (Wildman–Crippen LogP) is 6.17. The Labute approximate surface area is 159 Å². The largest absolute Gasteiger partial charge is 0.496 e. The topological polar surface area (TPSA) is 18.5 Å². The van der Waals surface area contributed by atoms with Gasteiger partial charge in [-0.05, 0) is 70.3 Å². The minimum Gasteiger partial charge on any atom is -0.496 e. The summed E-state index contributed by atoms with van der Waals surface area (Å²) in [6.07, 6.45) is 3.44. The lowest BCUT2D eigenvalue weighted by molar-refractivity contribution is 0.417. The molecule has 1 aliphatic rings. The van der Waals surface area contributed by atoms with Crippen molar-refractivity contribution in [3.8, 4) is 22.6 Å². The van der Waals surface area contributed by atoms with Gasteiger partial charge >= 0.3 is 0 Å². The van der Waals surface area contributed by atoms with Crippen molar-refractivity contribution in [2.24, 2.45) is 0 Å². The summed E-state index contributed by atoms with van der Waals surface area (Å²) >= 11 is 0. The van der Waals surface area contributed by atoms with Crippen LogP contribution in [-0.2, 0) is 12.8 Å². The summed E-state index contributed by atoms with van der Waals surface area (Å²) < 4.78 is 11.5. The van der Waals surface area contributed by atoms with Crippen molar-refractivity contribution < 1.29 is 9.47 Å². The van der Waals surface area contributed by atoms with Crippen LogP contribution in [0.1, 0.15) is 17.5 Å². The van der Waals surface area contributed by atoms with Crippen LogP contribution in [0.3, 0.4) is 0 Å². The highest BCUT2D eigenvalue weighted by molar-refractivity contribution is 6.05. The standard InChI is InChI=1S/C25H22O2/c1-26-23-12-6-11-19-18-9-5-10-20(18)22(15-21(19)23)25-17-8-4-3-7-16(17)13-14-24(25)27-2/h3-4,6-8,11-15H,5,9-10H2,1-2H3. The van der Waals surface area contributed by atoms with Gasteiger partial charge in [-0.2, -0.15) is 0 Å². The van der Waals surface area contributed by atoms with E-state index in [9.17, 15) is 0 Å². The van der Waals surface area contributed by atoms with E-state index in [1.54, 1.807) is 14.2 Å². The molecule has 0 saturated heterocycles. The van der Waals surface area contributed by atoms with Crippen LogP contribution in [0, 0.1) is 0 Å². The number of benzene rings is 4. The fourth-order valence-corrected chi connectivity index (χ4v) is 4.63. The van der Waals surface area contributed by atoms with Gasteiger partial charge in [0, 0.05) is 10.9 Å². The average Bonchev–Trinajstić information content (AvgIpc) is 3.22. The van der Waals surface area contributed by atoms with Gasteiger partial charge in [0.25, 0.3) is 0 Å². The van der Waals surface area contributed by atoms with Gasteiger partial charge in [-0.1, -0.05) is 42.5 Å². The second kappa shape index (κ2) is 6.31. The Bertz CT molecular complexity index is 1170. The first kappa shape index (κ1) is 16.2. The molecule has 0 N–H and O–H groups in total. The van der Waals surface area contributed by atoms with Crippen molar-refractivity contribution in [3.63, 3.8) is 0 Å². The molecule has 5 rings (SSSR count). The van der Waals surface area contributed by atoms with Crippen LogP contribution < -0.4 is 9.47 Å². The summed E-state index contributed by atoms with van der Waals surface area (Å²) in [7, 11) is 3.51. The predicted molar refractivity (Wildman–Crippen MR) is 112 cm³/mol. The molecule has 0 fully saturated rings. The first-order chi connectivity index (χ1) is 13.3. The molecule has 27 heavy (non-hydrogen) atoms. The highest BCUT2D eigenvalue weighted by Crippen LogP contribution is 2.45. The molecule has 0 aromatic heterocycles. The second-order valence-corrected chi connectivity index (χ2v) is 7.15. The Balaban J connectivity index is 1.94. The normalized spacial score (nSPS) is 13.1. The summed E-state index contributed by atoms with van der Waals surface area (Å²) in [6.45, 7) is 0. The second-order valence-electron chi connectivity index (χ2n) is 7.15. The third-order valence-corrected chi connectivity index (χ3v) is 5.82. The Morgan fingerprint density at radius 2 is 1.44 bits per heavy atom. The van der Waals surface area contributed by atoms with Crippen LogP contribution in [0.5, 0.6) is 11.5 Å². The molecule has 0 atom stereocenters. The summed E-state index contributed by atoms with van der Waals surface area (Å²) in [5, 5.41) is 4.98. The van der Waals surface area contributed by atoms with Gasteiger partial charge in [0.2, 0.25) is 0 Å². The zero-order chi connectivity index (χ0) is 18.4. The lowest BCUT2D eigenvalue weighted by atomic mass is 9.88. The van der Waals surface area contributed by atoms with Gasteiger partial charge in [-0.15, -0.1) is 0 Å². The van der Waals surface area contributed by atoms with E-state index < -0.39 is 0 Å². The fraction of sp³-hybridized carbons (Fsp3) is 0.200. The van der Waals surface area contributed by atoms with E-state index in [0.29, 0.717) is 0 Å². The van der Waals surface area contributed by atoms with Crippen molar-refractivity contribution in [3.05, 3.63) is 71.8 Å². The number of fused-ring (bicyclic) bond motifs is 4. The SMILES string of the molecule is COc1ccc2ccccc2c1-c1cc2c(OC)cccc2c2c1CCC2. The number of hydrogen-bond donors (Lipinski definition) is 0. The minimum atomic E-state index is 0.928. The van der Waals surface area contributed by atoms with E-state index >= 15 is 0 Å². The maximum atomic E-state index is 5.81. The molecule has 0 aliphatic heterocycles. The van der Waals surface area contributed by atoms with Crippen molar-refractivity contribution in [2.45, 2.75) is 19.3 Å². The van der Waals surface area contributed by atoms with E-state index in [1.165, 1.54) is 50.2 Å². The number of aryl methyl sites for hydroxylation is 1. The monoisotopic (exact) mass is 354 g/mol. The molecule has 1 aliphatic carbocycles. The van der Waals surface area contributed by atoms with E-state index in [1.807, 2.05) is 6.07 Å². The third kappa shape index (κ3) is 2.40. The average molecular weight is 354 g/mol. The molecule has 0 unspecified atom stereocenters. The molecule has 0 radical (unpaired) electrons. The lowest BCUT2D eigenvalue weighted by Gasteiger charge is -2.18. The van der Waals surface area contributed by atoms with Gasteiger partial charge in [0.05, 0.1) is 14.2 Å². The summed E-state index contributed by atoms with van der Waals surface area (Å²) in [5.41, 5.74) is 5.41. The smallest absolute Gasteiger partial charge is 0.127 e. The zero-order valence-electron chi connectivity index (χ0n) is 15.7. The molecular formula is C25H22O2. The van der Waals surface area contributed by atoms with Crippen LogP contribution >= 0.6 is 0 Å². The van der Waals surface area contributed by atoms with Gasteiger partial charge in [-0.25, -0.2) is 0 Å². The van der Waals surface area contributed by atoms with Gasteiger partial charge in [0.1, 0.15) is 11.5 Å². The zero-order valence-corrected chi connectivity index (χ0v) is 15.7. The Hall–Kier alpha value is -3.00. The molecule has 4 aromatic carbocycles. The minimum absolute atomic E-state index is 0.928. The molecule has 134 valence electrons. The lowest BCUT2D eigenvalue weighted by Crippen LogP contribution is -1.96. The molecule has 0 bridgehead atoms. The molecule has 2 heteroatoms. The van der Waals surface area contributed by atoms with Crippen LogP contribution in [0.2, 0.25) is 0 Å². The number of rotatable bonds is 3. The molecule has 2 nitrogen and oxygen atoms in total. The third-order valence-electron chi connectivity index (χ3n) is 5.82. The van der Waals surface area contributed by atoms with Gasteiger partial charge in [0.15, 0.2) is 0 Å². The highest BCUT2D eigenvalue weighted by Gasteiger charge is 2.23. The number of ether oxygens (including phenoxy) is 2. The van der Waals surface area contributed by atoms with E-state index in [-0.39, 0.29) is 0 Å².